The molecule has 0 atom stereocenters. The molecule has 0 bridgehead atoms. The van der Waals surface area contributed by atoms with Crippen LogP contribution >= 0.6 is 0 Å². The molecular weight excluding hydrogens is 480 g/mol. The third-order valence-electron chi connectivity index (χ3n) is 7.20. The van der Waals surface area contributed by atoms with Gasteiger partial charge >= 0.3 is 12.1 Å². The molecular formula is C29H38N6O3. The Hall–Kier alpha value is -3.49. The topological polar surface area (TPSA) is 95.3 Å². The zero-order chi connectivity index (χ0) is 26.9. The first kappa shape index (κ1) is 26.1. The van der Waals surface area contributed by atoms with Crippen LogP contribution < -0.4 is 4.74 Å². The molecule has 0 spiro atoms. The summed E-state index contributed by atoms with van der Waals surface area (Å²) in [6.45, 7) is 11.0. The van der Waals surface area contributed by atoms with Crippen molar-refractivity contribution in [1.29, 1.82) is 0 Å². The molecule has 3 heterocycles. The van der Waals surface area contributed by atoms with E-state index in [2.05, 4.69) is 16.3 Å². The maximum atomic E-state index is 12.6. The maximum Gasteiger partial charge on any atom is 0.410 e. The smallest absolute Gasteiger partial charge is 0.410 e. The van der Waals surface area contributed by atoms with E-state index in [1.165, 1.54) is 12.8 Å². The van der Waals surface area contributed by atoms with E-state index in [9.17, 15) is 4.79 Å². The fourth-order valence-corrected chi connectivity index (χ4v) is 5.52. The number of amides is 1. The number of aromatic nitrogens is 5. The number of piperidine rings is 1. The number of ether oxygens (including phenoxy) is 2. The Morgan fingerprint density at radius 3 is 2.34 bits per heavy atom. The molecule has 202 valence electrons. The fraction of sp³-hybridized carbons (Fsp3) is 0.552. The first-order valence-corrected chi connectivity index (χ1v) is 13.7. The Morgan fingerprint density at radius 1 is 1.00 bits per heavy atom. The van der Waals surface area contributed by atoms with Gasteiger partial charge in [-0.2, -0.15) is 4.98 Å². The molecule has 1 saturated heterocycles. The van der Waals surface area contributed by atoms with Gasteiger partial charge in [-0.05, 0) is 89.6 Å². The predicted molar refractivity (Wildman–Crippen MR) is 144 cm³/mol. The maximum absolute atomic E-state index is 12.6. The number of hydrogen-bond acceptors (Lipinski definition) is 7. The van der Waals surface area contributed by atoms with E-state index in [4.69, 9.17) is 19.6 Å². The van der Waals surface area contributed by atoms with Gasteiger partial charge in [0.05, 0.1) is 17.4 Å². The zero-order valence-electron chi connectivity index (χ0n) is 23.1. The fourth-order valence-electron chi connectivity index (χ4n) is 5.52. The first-order chi connectivity index (χ1) is 18.2. The van der Waals surface area contributed by atoms with E-state index in [0.29, 0.717) is 25.0 Å². The van der Waals surface area contributed by atoms with Gasteiger partial charge < -0.3 is 14.4 Å². The van der Waals surface area contributed by atoms with E-state index < -0.39 is 5.60 Å². The van der Waals surface area contributed by atoms with Crippen LogP contribution in [0.2, 0.25) is 0 Å². The molecule has 1 aliphatic heterocycles. The number of benzene rings is 1. The summed E-state index contributed by atoms with van der Waals surface area (Å²) in [6.07, 6.45) is 7.66. The van der Waals surface area contributed by atoms with Crippen LogP contribution in [0.3, 0.4) is 0 Å². The number of aryl methyl sites for hydroxylation is 2. The number of carbonyl (C=O) groups is 1. The molecule has 2 fully saturated rings. The van der Waals surface area contributed by atoms with Crippen molar-refractivity contribution in [3.8, 4) is 23.1 Å². The average Bonchev–Trinajstić information content (AvgIpc) is 3.53. The molecule has 1 aromatic carbocycles. The zero-order valence-corrected chi connectivity index (χ0v) is 23.1. The van der Waals surface area contributed by atoms with Gasteiger partial charge in [-0.3, -0.25) is 0 Å². The summed E-state index contributed by atoms with van der Waals surface area (Å²) < 4.78 is 13.7. The van der Waals surface area contributed by atoms with Crippen molar-refractivity contribution >= 4 is 6.09 Å². The molecule has 0 radical (unpaired) electrons. The summed E-state index contributed by atoms with van der Waals surface area (Å²) in [5.41, 5.74) is 4.46. The van der Waals surface area contributed by atoms with Gasteiger partial charge in [-0.25, -0.2) is 14.5 Å². The standard InChI is InChI=1S/C29H38N6O3/c1-19-16-20(2)18-23(17-19)37-27-30-13-10-24(31-27)26-25(21-8-6-7-9-21)32-33-35(26)22-11-14-34(15-12-22)28(36)38-29(3,4)5/h10,13,16-18,21-22H,6-9,11-12,14-15H2,1-5H3. The lowest BCUT2D eigenvalue weighted by Crippen LogP contribution is -2.42. The van der Waals surface area contributed by atoms with Crippen LogP contribution in [-0.4, -0.2) is 54.6 Å². The second-order valence-corrected chi connectivity index (χ2v) is 11.6. The Labute approximate surface area is 224 Å². The molecule has 1 saturated carbocycles. The lowest BCUT2D eigenvalue weighted by atomic mass is 9.99. The van der Waals surface area contributed by atoms with E-state index in [1.807, 2.05) is 57.5 Å². The number of nitrogens with zero attached hydrogens (tertiary/aromatic N) is 6. The lowest BCUT2D eigenvalue weighted by molar-refractivity contribution is 0.0185. The first-order valence-electron chi connectivity index (χ1n) is 13.7. The normalized spacial score (nSPS) is 17.1. The lowest BCUT2D eigenvalue weighted by Gasteiger charge is -2.33. The second kappa shape index (κ2) is 10.7. The Kier molecular flexibility index (Phi) is 7.36. The second-order valence-electron chi connectivity index (χ2n) is 11.6. The predicted octanol–water partition coefficient (Wildman–Crippen LogP) is 6.37. The summed E-state index contributed by atoms with van der Waals surface area (Å²) in [5, 5.41) is 9.35. The Balaban J connectivity index is 1.42. The van der Waals surface area contributed by atoms with Crippen LogP contribution in [0.15, 0.2) is 30.5 Å². The van der Waals surface area contributed by atoms with Crippen molar-refractivity contribution in [2.45, 2.75) is 90.7 Å². The van der Waals surface area contributed by atoms with Crippen LogP contribution in [0.25, 0.3) is 11.4 Å². The van der Waals surface area contributed by atoms with Crippen molar-refractivity contribution in [3.05, 3.63) is 47.3 Å². The highest BCUT2D eigenvalue weighted by atomic mass is 16.6. The molecule has 0 N–H and O–H groups in total. The van der Waals surface area contributed by atoms with Crippen molar-refractivity contribution in [3.63, 3.8) is 0 Å². The average molecular weight is 519 g/mol. The Morgan fingerprint density at radius 2 is 1.68 bits per heavy atom. The SMILES string of the molecule is Cc1cc(C)cc(Oc2nccc(-c3c(C4CCCC4)nnn3C3CCN(C(=O)OC(C)(C)C)CC3)n2)c1. The van der Waals surface area contributed by atoms with Crippen LogP contribution in [0.5, 0.6) is 11.8 Å². The number of rotatable bonds is 5. The van der Waals surface area contributed by atoms with Crippen molar-refractivity contribution in [2.24, 2.45) is 0 Å². The van der Waals surface area contributed by atoms with Gasteiger partial charge in [0.1, 0.15) is 17.0 Å². The summed E-state index contributed by atoms with van der Waals surface area (Å²) in [4.78, 5) is 23.6. The summed E-state index contributed by atoms with van der Waals surface area (Å²) in [6, 6.07) is 8.41. The van der Waals surface area contributed by atoms with Crippen molar-refractivity contribution in [1.82, 2.24) is 29.9 Å². The summed E-state index contributed by atoms with van der Waals surface area (Å²) >= 11 is 0. The van der Waals surface area contributed by atoms with Gasteiger partial charge in [0.2, 0.25) is 0 Å². The quantitative estimate of drug-likeness (QED) is 0.387. The largest absolute Gasteiger partial charge is 0.444 e. The van der Waals surface area contributed by atoms with E-state index in [-0.39, 0.29) is 12.1 Å². The number of likely N-dealkylation sites (tertiary alicyclic amines) is 1. The third-order valence-corrected chi connectivity index (χ3v) is 7.20. The van der Waals surface area contributed by atoms with E-state index >= 15 is 0 Å². The highest BCUT2D eigenvalue weighted by Crippen LogP contribution is 2.40. The van der Waals surface area contributed by atoms with Gasteiger partial charge in [0.25, 0.3) is 0 Å². The Bertz CT molecular complexity index is 1260. The van der Waals surface area contributed by atoms with Gasteiger partial charge in [0.15, 0.2) is 0 Å². The minimum atomic E-state index is -0.507. The van der Waals surface area contributed by atoms with Crippen LogP contribution in [0.1, 0.15) is 88.1 Å². The summed E-state index contributed by atoms with van der Waals surface area (Å²) in [7, 11) is 0. The monoisotopic (exact) mass is 518 g/mol. The molecule has 38 heavy (non-hydrogen) atoms. The number of carbonyl (C=O) groups excluding carboxylic acids is 1. The summed E-state index contributed by atoms with van der Waals surface area (Å²) in [5.74, 6) is 1.09. The molecule has 5 rings (SSSR count). The van der Waals surface area contributed by atoms with Crippen molar-refractivity contribution < 1.29 is 14.3 Å². The minimum absolute atomic E-state index is 0.116. The molecule has 1 aliphatic carbocycles. The van der Waals surface area contributed by atoms with E-state index in [1.54, 1.807) is 11.1 Å². The molecule has 1 amide bonds. The molecule has 2 aromatic heterocycles. The minimum Gasteiger partial charge on any atom is -0.444 e. The molecule has 9 nitrogen and oxygen atoms in total. The van der Waals surface area contributed by atoms with Gasteiger partial charge in [-0.1, -0.05) is 24.1 Å². The highest BCUT2D eigenvalue weighted by Gasteiger charge is 2.33. The molecule has 0 unspecified atom stereocenters. The van der Waals surface area contributed by atoms with Crippen molar-refractivity contribution in [2.75, 3.05) is 13.1 Å². The molecule has 2 aliphatic rings. The van der Waals surface area contributed by atoms with Crippen LogP contribution in [0, 0.1) is 13.8 Å². The number of hydrogen-bond donors (Lipinski definition) is 0. The molecule has 3 aromatic rings. The molecule has 9 heteroatoms. The highest BCUT2D eigenvalue weighted by molar-refractivity contribution is 5.68. The van der Waals surface area contributed by atoms with Gasteiger partial charge in [0, 0.05) is 25.2 Å². The van der Waals surface area contributed by atoms with E-state index in [0.717, 1.165) is 59.6 Å². The van der Waals surface area contributed by atoms with Crippen LogP contribution in [-0.2, 0) is 4.74 Å². The third kappa shape index (κ3) is 5.97. The van der Waals surface area contributed by atoms with Gasteiger partial charge in [-0.15, -0.1) is 5.10 Å². The van der Waals surface area contributed by atoms with Crippen LogP contribution in [0.4, 0.5) is 4.79 Å².